The maximum atomic E-state index is 11.3. The van der Waals surface area contributed by atoms with Crippen molar-refractivity contribution in [1.82, 2.24) is 4.90 Å². The van der Waals surface area contributed by atoms with Gasteiger partial charge in [-0.05, 0) is 18.2 Å². The number of nitrogens with two attached hydrogens (primary N) is 1. The van der Waals surface area contributed by atoms with E-state index < -0.39 is 6.09 Å². The van der Waals surface area contributed by atoms with Crippen LogP contribution in [0.4, 0.5) is 4.79 Å². The predicted molar refractivity (Wildman–Crippen MR) is 52.9 cm³/mol. The second-order valence-electron chi connectivity index (χ2n) is 3.50. The molecule has 0 radical (unpaired) electrons. The number of carbonyl (C=O) groups excluding carboxylic acids is 1. The minimum Gasteiger partial charge on any atom is -0.447 e. The lowest BCUT2D eigenvalue weighted by molar-refractivity contribution is 0.168. The van der Waals surface area contributed by atoms with Crippen LogP contribution in [0.5, 0.6) is 0 Å². The van der Waals surface area contributed by atoms with Gasteiger partial charge in [-0.3, -0.25) is 10.3 Å². The molecule has 5 heteroatoms. The van der Waals surface area contributed by atoms with E-state index >= 15 is 0 Å². The van der Waals surface area contributed by atoms with E-state index in [1.807, 2.05) is 13.8 Å². The summed E-state index contributed by atoms with van der Waals surface area (Å²) in [5, 5.41) is 7.60. The van der Waals surface area contributed by atoms with Gasteiger partial charge in [0.25, 0.3) is 0 Å². The summed E-state index contributed by atoms with van der Waals surface area (Å²) in [5.41, 5.74) is 5.16. The predicted octanol–water partition coefficient (Wildman–Crippen LogP) is 0.913. The zero-order chi connectivity index (χ0) is 10.7. The van der Waals surface area contributed by atoms with E-state index in [0.29, 0.717) is 6.61 Å². The van der Waals surface area contributed by atoms with Crippen LogP contribution in [0.1, 0.15) is 13.8 Å². The van der Waals surface area contributed by atoms with Crippen LogP contribution in [0.15, 0.2) is 12.3 Å². The molecule has 1 aliphatic heterocycles. The van der Waals surface area contributed by atoms with Crippen LogP contribution in [0.25, 0.3) is 0 Å². The Morgan fingerprint density at radius 1 is 1.79 bits per heavy atom. The Morgan fingerprint density at radius 2 is 2.43 bits per heavy atom. The molecule has 5 nitrogen and oxygen atoms in total. The van der Waals surface area contributed by atoms with E-state index in [1.54, 1.807) is 0 Å². The number of nitrogens with one attached hydrogen (secondary N) is 1. The summed E-state index contributed by atoms with van der Waals surface area (Å²) in [6.45, 7) is 4.31. The third-order valence-electron chi connectivity index (χ3n) is 2.19. The van der Waals surface area contributed by atoms with Gasteiger partial charge in [-0.25, -0.2) is 4.79 Å². The zero-order valence-corrected chi connectivity index (χ0v) is 8.36. The molecule has 0 spiro atoms. The Morgan fingerprint density at radius 3 is 2.93 bits per heavy atom. The van der Waals surface area contributed by atoms with Crippen molar-refractivity contribution >= 4 is 11.9 Å². The van der Waals surface area contributed by atoms with E-state index in [2.05, 4.69) is 0 Å². The lowest BCUT2D eigenvalue weighted by atomic mass is 10.0. The molecule has 14 heavy (non-hydrogen) atoms. The highest BCUT2D eigenvalue weighted by Gasteiger charge is 2.36. The molecule has 0 unspecified atom stereocenters. The molecule has 0 bridgehead atoms. The lowest BCUT2D eigenvalue weighted by Crippen LogP contribution is -2.40. The van der Waals surface area contributed by atoms with Crippen molar-refractivity contribution in [3.05, 3.63) is 12.3 Å². The van der Waals surface area contributed by atoms with E-state index in [0.717, 1.165) is 0 Å². The second-order valence-corrected chi connectivity index (χ2v) is 3.50. The first kappa shape index (κ1) is 10.6. The fourth-order valence-corrected chi connectivity index (χ4v) is 1.38. The molecule has 0 saturated carbocycles. The van der Waals surface area contributed by atoms with Gasteiger partial charge in [0.05, 0.1) is 6.04 Å². The number of ether oxygens (including phenoxy) is 1. The fraction of sp³-hybridized carbons (Fsp3) is 0.556. The number of nitrogens with zero attached hydrogens (tertiary/aromatic N) is 1. The number of hydrogen-bond acceptors (Lipinski definition) is 4. The third-order valence-corrected chi connectivity index (χ3v) is 2.19. The van der Waals surface area contributed by atoms with Crippen LogP contribution in [0.2, 0.25) is 0 Å². The monoisotopic (exact) mass is 197 g/mol. The fourth-order valence-electron chi connectivity index (χ4n) is 1.38. The van der Waals surface area contributed by atoms with E-state index in [-0.39, 0.29) is 17.8 Å². The average Bonchev–Trinajstić information content (AvgIpc) is 2.47. The first-order valence-electron chi connectivity index (χ1n) is 4.50. The first-order valence-corrected chi connectivity index (χ1v) is 4.50. The minimum absolute atomic E-state index is 0.0637. The molecule has 1 amide bonds. The standard InChI is InChI=1S/C9H15N3O2/c1-6(2)7-5-14-9(13)12(7)8(11)3-4-10/h3-4,6-7,11H,5,10H2,1-2H3/t7-/m1/s1. The average molecular weight is 197 g/mol. The Labute approximate surface area is 83.0 Å². The molecule has 1 rings (SSSR count). The number of hydrogen-bond donors (Lipinski definition) is 2. The molecular weight excluding hydrogens is 182 g/mol. The second kappa shape index (κ2) is 4.13. The smallest absolute Gasteiger partial charge is 0.415 e. The van der Waals surface area contributed by atoms with Crippen LogP contribution in [0.3, 0.4) is 0 Å². The molecule has 0 aromatic heterocycles. The molecule has 1 aliphatic rings. The van der Waals surface area contributed by atoms with Gasteiger partial charge in [0, 0.05) is 0 Å². The van der Waals surface area contributed by atoms with Crippen molar-refractivity contribution in [2.24, 2.45) is 11.7 Å². The maximum Gasteiger partial charge on any atom is 0.415 e. The molecule has 0 aromatic rings. The summed E-state index contributed by atoms with van der Waals surface area (Å²) in [4.78, 5) is 12.6. The summed E-state index contributed by atoms with van der Waals surface area (Å²) in [5.74, 6) is 0.335. The van der Waals surface area contributed by atoms with Gasteiger partial charge < -0.3 is 10.5 Å². The highest BCUT2D eigenvalue weighted by Crippen LogP contribution is 2.19. The molecule has 0 aromatic carbocycles. The van der Waals surface area contributed by atoms with Gasteiger partial charge in [0.15, 0.2) is 0 Å². The number of amides is 1. The van der Waals surface area contributed by atoms with Gasteiger partial charge >= 0.3 is 6.09 Å². The zero-order valence-electron chi connectivity index (χ0n) is 8.36. The molecule has 78 valence electrons. The van der Waals surface area contributed by atoms with E-state index in [1.165, 1.54) is 17.2 Å². The lowest BCUT2D eigenvalue weighted by Gasteiger charge is -2.22. The van der Waals surface area contributed by atoms with Crippen molar-refractivity contribution in [2.45, 2.75) is 19.9 Å². The van der Waals surface area contributed by atoms with Gasteiger partial charge in [-0.15, -0.1) is 0 Å². The molecule has 1 heterocycles. The normalized spacial score (nSPS) is 22.1. The SMILES string of the molecule is CC(C)[C@H]1COC(=O)N1C(=N)C=CN. The van der Waals surface area contributed by atoms with Crippen molar-refractivity contribution in [1.29, 1.82) is 5.41 Å². The number of cyclic esters (lactones) is 1. The number of carbonyl (C=O) groups is 1. The van der Waals surface area contributed by atoms with Crippen LogP contribution >= 0.6 is 0 Å². The van der Waals surface area contributed by atoms with E-state index in [9.17, 15) is 4.79 Å². The van der Waals surface area contributed by atoms with Gasteiger partial charge in [-0.2, -0.15) is 0 Å². The molecule has 1 saturated heterocycles. The Hall–Kier alpha value is -1.52. The largest absolute Gasteiger partial charge is 0.447 e. The van der Waals surface area contributed by atoms with Gasteiger partial charge in [-0.1, -0.05) is 13.8 Å². The molecule has 1 fully saturated rings. The first-order chi connectivity index (χ1) is 6.57. The van der Waals surface area contributed by atoms with Crippen molar-refractivity contribution in [3.8, 4) is 0 Å². The van der Waals surface area contributed by atoms with E-state index in [4.69, 9.17) is 15.9 Å². The van der Waals surface area contributed by atoms with Crippen molar-refractivity contribution < 1.29 is 9.53 Å². The van der Waals surface area contributed by atoms with Crippen molar-refractivity contribution in [3.63, 3.8) is 0 Å². The Bertz CT molecular complexity index is 273. The highest BCUT2D eigenvalue weighted by atomic mass is 16.6. The number of amidine groups is 1. The summed E-state index contributed by atoms with van der Waals surface area (Å²) < 4.78 is 4.88. The third kappa shape index (κ3) is 1.86. The minimum atomic E-state index is -0.466. The number of rotatable bonds is 2. The Kier molecular flexibility index (Phi) is 3.11. The van der Waals surface area contributed by atoms with Crippen LogP contribution in [-0.4, -0.2) is 29.5 Å². The summed E-state index contributed by atoms with van der Waals surface area (Å²) in [6.07, 6.45) is 2.15. The molecule has 1 atom stereocenters. The summed E-state index contributed by atoms with van der Waals surface area (Å²) in [7, 11) is 0. The van der Waals surface area contributed by atoms with Crippen LogP contribution < -0.4 is 5.73 Å². The molecule has 0 aliphatic carbocycles. The van der Waals surface area contributed by atoms with Crippen LogP contribution in [-0.2, 0) is 4.74 Å². The Balaban J connectivity index is 2.81. The maximum absolute atomic E-state index is 11.3. The highest BCUT2D eigenvalue weighted by molar-refractivity contribution is 6.01. The van der Waals surface area contributed by atoms with Crippen molar-refractivity contribution in [2.75, 3.05) is 6.61 Å². The molecular formula is C9H15N3O2. The van der Waals surface area contributed by atoms with Gasteiger partial charge in [0.2, 0.25) is 0 Å². The summed E-state index contributed by atoms with van der Waals surface area (Å²) >= 11 is 0. The quantitative estimate of drug-likeness (QED) is 0.510. The summed E-state index contributed by atoms with van der Waals surface area (Å²) in [6, 6.07) is -0.0637. The molecule has 3 N–H and O–H groups in total. The van der Waals surface area contributed by atoms with Gasteiger partial charge in [0.1, 0.15) is 12.4 Å². The topological polar surface area (TPSA) is 79.4 Å². The van der Waals surface area contributed by atoms with Crippen LogP contribution in [0, 0.1) is 11.3 Å².